The summed E-state index contributed by atoms with van der Waals surface area (Å²) in [5, 5.41) is 0.607. The van der Waals surface area contributed by atoms with Crippen LogP contribution in [0.5, 0.6) is 17.2 Å². The van der Waals surface area contributed by atoms with Crippen molar-refractivity contribution in [2.75, 3.05) is 27.4 Å². The van der Waals surface area contributed by atoms with E-state index in [0.717, 1.165) is 17.0 Å². The molecule has 156 valence electrons. The number of hydrogen-bond donors (Lipinski definition) is 0. The van der Waals surface area contributed by atoms with Gasteiger partial charge in [-0.2, -0.15) is 0 Å². The Kier molecular flexibility index (Phi) is 7.19. The Labute approximate surface area is 180 Å². The molecule has 0 spiro atoms. The molecule has 6 nitrogen and oxygen atoms in total. The summed E-state index contributed by atoms with van der Waals surface area (Å²) in [5.74, 6) is 1.91. The van der Waals surface area contributed by atoms with Gasteiger partial charge in [-0.25, -0.2) is 4.99 Å². The van der Waals surface area contributed by atoms with E-state index in [-0.39, 0.29) is 5.91 Å². The number of thioether (sulfide) groups is 1. The number of amidine groups is 1. The molecule has 1 fully saturated rings. The monoisotopic (exact) mass is 424 g/mol. The van der Waals surface area contributed by atoms with E-state index in [2.05, 4.69) is 11.6 Å². The maximum absolute atomic E-state index is 12.9. The van der Waals surface area contributed by atoms with Crippen LogP contribution >= 0.6 is 11.8 Å². The van der Waals surface area contributed by atoms with Crippen molar-refractivity contribution in [2.45, 2.75) is 6.92 Å². The second-order valence-corrected chi connectivity index (χ2v) is 7.26. The van der Waals surface area contributed by atoms with Gasteiger partial charge in [0.25, 0.3) is 5.91 Å². The zero-order valence-corrected chi connectivity index (χ0v) is 18.1. The Morgan fingerprint density at radius 2 is 1.83 bits per heavy atom. The number of hydrogen-bond acceptors (Lipinski definition) is 6. The number of carbonyl (C=O) groups excluding carboxylic acids is 1. The molecule has 0 radical (unpaired) electrons. The SMILES string of the molecule is C=CCN1C(=O)/C(=C/c2ccc(OC)c(OC)c2)SC1=Nc1ccc(OCC)cc1. The Balaban J connectivity index is 1.90. The van der Waals surface area contributed by atoms with Gasteiger partial charge in [0, 0.05) is 6.54 Å². The van der Waals surface area contributed by atoms with Crippen molar-refractivity contribution in [2.24, 2.45) is 4.99 Å². The van der Waals surface area contributed by atoms with Crippen molar-refractivity contribution in [1.29, 1.82) is 0 Å². The van der Waals surface area contributed by atoms with Crippen LogP contribution in [0.2, 0.25) is 0 Å². The van der Waals surface area contributed by atoms with Gasteiger partial charge in [0.2, 0.25) is 0 Å². The Hall–Kier alpha value is -3.19. The molecular weight excluding hydrogens is 400 g/mol. The maximum Gasteiger partial charge on any atom is 0.267 e. The predicted octanol–water partition coefficient (Wildman–Crippen LogP) is 4.89. The lowest BCUT2D eigenvalue weighted by atomic mass is 10.2. The average Bonchev–Trinajstić information content (AvgIpc) is 3.04. The van der Waals surface area contributed by atoms with Crippen LogP contribution in [0.4, 0.5) is 5.69 Å². The first-order valence-electron chi connectivity index (χ1n) is 9.45. The van der Waals surface area contributed by atoms with Crippen LogP contribution in [0.25, 0.3) is 6.08 Å². The van der Waals surface area contributed by atoms with E-state index >= 15 is 0 Å². The molecular formula is C23H24N2O4S. The third-order valence-corrected chi connectivity index (χ3v) is 5.28. The van der Waals surface area contributed by atoms with Crippen molar-refractivity contribution in [3.8, 4) is 17.2 Å². The number of rotatable bonds is 8. The van der Waals surface area contributed by atoms with Gasteiger partial charge in [0.15, 0.2) is 16.7 Å². The van der Waals surface area contributed by atoms with E-state index in [9.17, 15) is 4.79 Å². The van der Waals surface area contributed by atoms with E-state index in [1.807, 2.05) is 55.5 Å². The summed E-state index contributed by atoms with van der Waals surface area (Å²) < 4.78 is 16.1. The van der Waals surface area contributed by atoms with Gasteiger partial charge in [0.1, 0.15) is 5.75 Å². The number of aliphatic imine (C=N–C) groups is 1. The van der Waals surface area contributed by atoms with Gasteiger partial charge in [-0.3, -0.25) is 9.69 Å². The average molecular weight is 425 g/mol. The van der Waals surface area contributed by atoms with Gasteiger partial charge in [0.05, 0.1) is 31.4 Å². The van der Waals surface area contributed by atoms with E-state index in [1.54, 1.807) is 25.2 Å². The number of methoxy groups -OCH3 is 2. The predicted molar refractivity (Wildman–Crippen MR) is 122 cm³/mol. The first-order valence-corrected chi connectivity index (χ1v) is 10.3. The molecule has 2 aromatic carbocycles. The molecule has 0 saturated carbocycles. The fraction of sp³-hybridized carbons (Fsp3) is 0.217. The van der Waals surface area contributed by atoms with E-state index in [1.165, 1.54) is 11.8 Å². The van der Waals surface area contributed by atoms with Gasteiger partial charge in [-0.05, 0) is 66.7 Å². The van der Waals surface area contributed by atoms with Crippen LogP contribution in [0.3, 0.4) is 0 Å². The Bertz CT molecular complexity index is 983. The highest BCUT2D eigenvalue weighted by Gasteiger charge is 2.32. The van der Waals surface area contributed by atoms with Crippen molar-refractivity contribution >= 4 is 34.6 Å². The second kappa shape index (κ2) is 10.0. The lowest BCUT2D eigenvalue weighted by molar-refractivity contribution is -0.121. The molecule has 7 heteroatoms. The highest BCUT2D eigenvalue weighted by Crippen LogP contribution is 2.36. The van der Waals surface area contributed by atoms with Crippen LogP contribution in [0.15, 0.2) is 65.0 Å². The molecule has 0 aromatic heterocycles. The highest BCUT2D eigenvalue weighted by molar-refractivity contribution is 8.18. The molecule has 0 N–H and O–H groups in total. The van der Waals surface area contributed by atoms with Gasteiger partial charge in [-0.1, -0.05) is 12.1 Å². The number of amides is 1. The van der Waals surface area contributed by atoms with Crippen molar-refractivity contribution < 1.29 is 19.0 Å². The summed E-state index contributed by atoms with van der Waals surface area (Å²) in [6.07, 6.45) is 3.51. The molecule has 1 aliphatic rings. The fourth-order valence-corrected chi connectivity index (χ4v) is 3.88. The van der Waals surface area contributed by atoms with Crippen molar-refractivity contribution in [3.63, 3.8) is 0 Å². The summed E-state index contributed by atoms with van der Waals surface area (Å²) in [6, 6.07) is 13.0. The third kappa shape index (κ3) is 4.86. The summed E-state index contributed by atoms with van der Waals surface area (Å²) >= 11 is 1.33. The quantitative estimate of drug-likeness (QED) is 0.446. The number of carbonyl (C=O) groups is 1. The summed E-state index contributed by atoms with van der Waals surface area (Å²) in [7, 11) is 3.17. The third-order valence-electron chi connectivity index (χ3n) is 4.28. The molecule has 1 amide bonds. The van der Waals surface area contributed by atoms with E-state index < -0.39 is 0 Å². The smallest absolute Gasteiger partial charge is 0.267 e. The molecule has 0 atom stereocenters. The number of ether oxygens (including phenoxy) is 3. The molecule has 3 rings (SSSR count). The maximum atomic E-state index is 12.9. The molecule has 0 aliphatic carbocycles. The molecule has 2 aromatic rings. The van der Waals surface area contributed by atoms with Gasteiger partial charge < -0.3 is 14.2 Å². The standard InChI is InChI=1S/C23H24N2O4S/c1-5-13-25-22(26)21(15-16-7-12-19(27-3)20(14-16)28-4)30-23(25)24-17-8-10-18(11-9-17)29-6-2/h5,7-12,14-15H,1,6,13H2,2-4H3/b21-15-,24-23?. The molecule has 0 unspecified atom stereocenters. The van der Waals surface area contributed by atoms with Crippen LogP contribution < -0.4 is 14.2 Å². The lowest BCUT2D eigenvalue weighted by Crippen LogP contribution is -2.29. The zero-order chi connectivity index (χ0) is 21.5. The fourth-order valence-electron chi connectivity index (χ4n) is 2.87. The summed E-state index contributed by atoms with van der Waals surface area (Å²) in [4.78, 5) is 19.8. The molecule has 1 aliphatic heterocycles. The van der Waals surface area contributed by atoms with Crippen molar-refractivity contribution in [3.05, 3.63) is 65.6 Å². The minimum Gasteiger partial charge on any atom is -0.494 e. The van der Waals surface area contributed by atoms with Crippen molar-refractivity contribution in [1.82, 2.24) is 4.90 Å². The molecule has 1 heterocycles. The van der Waals surface area contributed by atoms with Crippen LogP contribution in [-0.2, 0) is 4.79 Å². The van der Waals surface area contributed by atoms with Crippen LogP contribution in [-0.4, -0.2) is 43.3 Å². The van der Waals surface area contributed by atoms with E-state index in [0.29, 0.717) is 34.7 Å². The topological polar surface area (TPSA) is 60.4 Å². The first-order chi connectivity index (χ1) is 14.6. The van der Waals surface area contributed by atoms with Crippen LogP contribution in [0, 0.1) is 0 Å². The van der Waals surface area contributed by atoms with Crippen LogP contribution in [0.1, 0.15) is 12.5 Å². The number of benzene rings is 2. The molecule has 0 bridgehead atoms. The Morgan fingerprint density at radius 1 is 1.10 bits per heavy atom. The van der Waals surface area contributed by atoms with Gasteiger partial charge >= 0.3 is 0 Å². The molecule has 30 heavy (non-hydrogen) atoms. The minimum atomic E-state index is -0.112. The molecule has 1 saturated heterocycles. The minimum absolute atomic E-state index is 0.112. The Morgan fingerprint density at radius 3 is 2.47 bits per heavy atom. The zero-order valence-electron chi connectivity index (χ0n) is 17.3. The highest BCUT2D eigenvalue weighted by atomic mass is 32.2. The summed E-state index contributed by atoms with van der Waals surface area (Å²) in [5.41, 5.74) is 1.58. The van der Waals surface area contributed by atoms with E-state index in [4.69, 9.17) is 14.2 Å². The first kappa shape index (κ1) is 21.5. The van der Waals surface area contributed by atoms with Gasteiger partial charge in [-0.15, -0.1) is 6.58 Å². The second-order valence-electron chi connectivity index (χ2n) is 6.25. The number of nitrogens with zero attached hydrogens (tertiary/aromatic N) is 2. The normalized spacial score (nSPS) is 16.2. The lowest BCUT2D eigenvalue weighted by Gasteiger charge is -2.12. The largest absolute Gasteiger partial charge is 0.494 e. The summed E-state index contributed by atoms with van der Waals surface area (Å²) in [6.45, 7) is 6.68.